The van der Waals surface area contributed by atoms with Gasteiger partial charge in [0.1, 0.15) is 17.1 Å². The van der Waals surface area contributed by atoms with Crippen LogP contribution in [0.4, 0.5) is 0 Å². The molecule has 0 atom stereocenters. The number of methoxy groups -OCH3 is 1. The van der Waals surface area contributed by atoms with Crippen molar-refractivity contribution >= 4 is 28.6 Å². The van der Waals surface area contributed by atoms with E-state index >= 15 is 0 Å². The van der Waals surface area contributed by atoms with Gasteiger partial charge in [-0.1, -0.05) is 6.07 Å². The first-order valence-electron chi connectivity index (χ1n) is 10.1. The SMILES string of the molecule is COc1ccc(-c2oc3ccc(CCC(=O)N4CCNCC4)cc3c2SC)c(O)c1. The van der Waals surface area contributed by atoms with Crippen LogP contribution in [0.25, 0.3) is 22.3 Å². The Balaban J connectivity index is 1.59. The summed E-state index contributed by atoms with van der Waals surface area (Å²) in [5.74, 6) is 1.56. The number of hydrogen-bond acceptors (Lipinski definition) is 6. The van der Waals surface area contributed by atoms with Crippen molar-refractivity contribution in [1.29, 1.82) is 0 Å². The molecule has 0 unspecified atom stereocenters. The molecule has 30 heavy (non-hydrogen) atoms. The molecule has 2 heterocycles. The van der Waals surface area contributed by atoms with E-state index in [2.05, 4.69) is 11.4 Å². The molecule has 1 aromatic heterocycles. The van der Waals surface area contributed by atoms with Crippen molar-refractivity contribution in [2.24, 2.45) is 0 Å². The Morgan fingerprint density at radius 2 is 2.03 bits per heavy atom. The largest absolute Gasteiger partial charge is 0.507 e. The number of aryl methyl sites for hydroxylation is 1. The average molecular weight is 427 g/mol. The molecule has 4 rings (SSSR count). The number of fused-ring (bicyclic) bond motifs is 1. The molecule has 0 bridgehead atoms. The summed E-state index contributed by atoms with van der Waals surface area (Å²) in [6.07, 6.45) is 3.19. The third-order valence-electron chi connectivity index (χ3n) is 5.46. The van der Waals surface area contributed by atoms with Crippen molar-refractivity contribution in [2.45, 2.75) is 17.7 Å². The zero-order chi connectivity index (χ0) is 21.1. The number of hydrogen-bond donors (Lipinski definition) is 2. The molecule has 1 amide bonds. The third kappa shape index (κ3) is 4.13. The van der Waals surface area contributed by atoms with Gasteiger partial charge in [0.25, 0.3) is 0 Å². The minimum Gasteiger partial charge on any atom is -0.507 e. The second kappa shape index (κ2) is 9.02. The van der Waals surface area contributed by atoms with Crippen molar-refractivity contribution in [3.8, 4) is 22.8 Å². The molecule has 1 aliphatic heterocycles. The third-order valence-corrected chi connectivity index (χ3v) is 6.27. The summed E-state index contributed by atoms with van der Waals surface area (Å²) >= 11 is 1.58. The summed E-state index contributed by atoms with van der Waals surface area (Å²) < 4.78 is 11.3. The number of rotatable bonds is 6. The summed E-state index contributed by atoms with van der Waals surface area (Å²) in [5.41, 5.74) is 2.50. The number of piperazine rings is 1. The number of carbonyl (C=O) groups excluding carboxylic acids is 1. The fourth-order valence-electron chi connectivity index (χ4n) is 3.81. The highest BCUT2D eigenvalue weighted by Gasteiger charge is 2.20. The number of amides is 1. The van der Waals surface area contributed by atoms with E-state index in [-0.39, 0.29) is 11.7 Å². The van der Waals surface area contributed by atoms with Crippen LogP contribution in [0.3, 0.4) is 0 Å². The lowest BCUT2D eigenvalue weighted by Gasteiger charge is -2.27. The summed E-state index contributed by atoms with van der Waals surface area (Å²) in [6, 6.07) is 11.3. The van der Waals surface area contributed by atoms with Gasteiger partial charge in [0, 0.05) is 44.1 Å². The Bertz CT molecular complexity index is 1060. The van der Waals surface area contributed by atoms with Gasteiger partial charge in [0.15, 0.2) is 5.76 Å². The van der Waals surface area contributed by atoms with Gasteiger partial charge >= 0.3 is 0 Å². The number of carbonyl (C=O) groups is 1. The van der Waals surface area contributed by atoms with E-state index in [4.69, 9.17) is 9.15 Å². The highest BCUT2D eigenvalue weighted by atomic mass is 32.2. The van der Waals surface area contributed by atoms with Crippen LogP contribution in [0.15, 0.2) is 45.7 Å². The Hall–Kier alpha value is -2.64. The smallest absolute Gasteiger partial charge is 0.222 e. The number of phenolic OH excluding ortho intramolecular Hbond substituents is 1. The molecular formula is C23H26N2O4S. The van der Waals surface area contributed by atoms with Crippen LogP contribution in [0.1, 0.15) is 12.0 Å². The Labute approximate surface area is 180 Å². The van der Waals surface area contributed by atoms with E-state index in [1.165, 1.54) is 0 Å². The van der Waals surface area contributed by atoms with E-state index in [9.17, 15) is 9.90 Å². The molecule has 0 spiro atoms. The van der Waals surface area contributed by atoms with Crippen molar-refractivity contribution in [2.75, 3.05) is 39.5 Å². The standard InChI is InChI=1S/C23H26N2O4S/c1-28-16-5-6-17(19(26)14-16)22-23(30-2)18-13-15(3-7-20(18)29-22)4-8-21(27)25-11-9-24-10-12-25/h3,5-7,13-14,24,26H,4,8-12H2,1-2H3. The first-order valence-corrected chi connectivity index (χ1v) is 11.3. The normalized spacial score (nSPS) is 14.3. The van der Waals surface area contributed by atoms with Gasteiger partial charge in [-0.25, -0.2) is 0 Å². The van der Waals surface area contributed by atoms with Crippen LogP contribution >= 0.6 is 11.8 Å². The maximum absolute atomic E-state index is 12.5. The zero-order valence-electron chi connectivity index (χ0n) is 17.2. The number of benzene rings is 2. The first-order chi connectivity index (χ1) is 14.6. The molecule has 158 valence electrons. The molecule has 0 aliphatic carbocycles. The van der Waals surface area contributed by atoms with Gasteiger partial charge in [-0.3, -0.25) is 4.79 Å². The lowest BCUT2D eigenvalue weighted by Crippen LogP contribution is -2.46. The van der Waals surface area contributed by atoms with Crippen molar-refractivity contribution in [1.82, 2.24) is 10.2 Å². The summed E-state index contributed by atoms with van der Waals surface area (Å²) in [7, 11) is 1.57. The molecule has 1 saturated heterocycles. The fourth-order valence-corrected chi connectivity index (χ4v) is 4.53. The van der Waals surface area contributed by atoms with E-state index < -0.39 is 0 Å². The van der Waals surface area contributed by atoms with Crippen LogP contribution in [0, 0.1) is 0 Å². The van der Waals surface area contributed by atoms with Gasteiger partial charge in [0.2, 0.25) is 5.91 Å². The van der Waals surface area contributed by atoms with Crippen molar-refractivity contribution in [3.05, 3.63) is 42.0 Å². The second-order valence-electron chi connectivity index (χ2n) is 7.31. The fraction of sp³-hybridized carbons (Fsp3) is 0.348. The number of ether oxygens (including phenoxy) is 1. The zero-order valence-corrected chi connectivity index (χ0v) is 18.1. The van der Waals surface area contributed by atoms with Gasteiger partial charge in [-0.05, 0) is 42.5 Å². The predicted octanol–water partition coefficient (Wildman–Crippen LogP) is 3.90. The average Bonchev–Trinajstić information content (AvgIpc) is 3.15. The molecule has 2 N–H and O–H groups in total. The van der Waals surface area contributed by atoms with Crippen LogP contribution in [-0.2, 0) is 11.2 Å². The van der Waals surface area contributed by atoms with Crippen LogP contribution in [-0.4, -0.2) is 55.5 Å². The topological polar surface area (TPSA) is 74.9 Å². The minimum absolute atomic E-state index is 0.116. The van der Waals surface area contributed by atoms with Crippen LogP contribution in [0.2, 0.25) is 0 Å². The van der Waals surface area contributed by atoms with Gasteiger partial charge in [-0.15, -0.1) is 11.8 Å². The molecule has 2 aromatic carbocycles. The summed E-state index contributed by atoms with van der Waals surface area (Å²) in [4.78, 5) is 15.4. The first kappa shape index (κ1) is 20.6. The molecule has 0 saturated carbocycles. The van der Waals surface area contributed by atoms with E-state index in [1.807, 2.05) is 23.3 Å². The molecule has 1 fully saturated rings. The van der Waals surface area contributed by atoms with Crippen molar-refractivity contribution < 1.29 is 19.1 Å². The monoisotopic (exact) mass is 426 g/mol. The maximum atomic E-state index is 12.5. The van der Waals surface area contributed by atoms with Gasteiger partial charge in [0.05, 0.1) is 17.6 Å². The molecule has 3 aromatic rings. The van der Waals surface area contributed by atoms with Crippen molar-refractivity contribution in [3.63, 3.8) is 0 Å². The lowest BCUT2D eigenvalue weighted by atomic mass is 10.1. The number of nitrogens with zero attached hydrogens (tertiary/aromatic N) is 1. The van der Waals surface area contributed by atoms with Crippen LogP contribution < -0.4 is 10.1 Å². The number of phenols is 1. The summed E-state index contributed by atoms with van der Waals surface area (Å²) in [5, 5.41) is 14.7. The van der Waals surface area contributed by atoms with E-state index in [0.29, 0.717) is 29.9 Å². The van der Waals surface area contributed by atoms with E-state index in [0.717, 1.165) is 47.6 Å². The van der Waals surface area contributed by atoms with Gasteiger partial charge < -0.3 is 24.5 Å². The lowest BCUT2D eigenvalue weighted by molar-refractivity contribution is -0.131. The number of aromatic hydroxyl groups is 1. The highest BCUT2D eigenvalue weighted by molar-refractivity contribution is 7.99. The van der Waals surface area contributed by atoms with E-state index in [1.54, 1.807) is 37.1 Å². The van der Waals surface area contributed by atoms with Gasteiger partial charge in [-0.2, -0.15) is 0 Å². The molecule has 7 heteroatoms. The minimum atomic E-state index is 0.116. The molecule has 0 radical (unpaired) electrons. The number of thioether (sulfide) groups is 1. The molecule has 6 nitrogen and oxygen atoms in total. The molecular weight excluding hydrogens is 400 g/mol. The molecule has 1 aliphatic rings. The number of furan rings is 1. The Kier molecular flexibility index (Phi) is 6.20. The van der Waals surface area contributed by atoms with Crippen LogP contribution in [0.5, 0.6) is 11.5 Å². The highest BCUT2D eigenvalue weighted by Crippen LogP contribution is 2.43. The Morgan fingerprint density at radius 1 is 1.23 bits per heavy atom. The number of nitrogens with one attached hydrogen (secondary N) is 1. The Morgan fingerprint density at radius 3 is 2.73 bits per heavy atom. The summed E-state index contributed by atoms with van der Waals surface area (Å²) in [6.45, 7) is 3.30. The second-order valence-corrected chi connectivity index (χ2v) is 8.13. The maximum Gasteiger partial charge on any atom is 0.222 e. The predicted molar refractivity (Wildman–Crippen MR) is 119 cm³/mol. The quantitative estimate of drug-likeness (QED) is 0.583.